The summed E-state index contributed by atoms with van der Waals surface area (Å²) in [5.41, 5.74) is 1.85. The number of amides is 1. The fourth-order valence-corrected chi connectivity index (χ4v) is 2.88. The lowest BCUT2D eigenvalue weighted by molar-refractivity contribution is 0.0658. The Kier molecular flexibility index (Phi) is 5.23. The first-order valence-corrected chi connectivity index (χ1v) is 8.44. The molecular weight excluding hydrogens is 347 g/mol. The Labute approximate surface area is 151 Å². The third-order valence-electron chi connectivity index (χ3n) is 3.98. The van der Waals surface area contributed by atoms with Gasteiger partial charge in [-0.25, -0.2) is 0 Å². The summed E-state index contributed by atoms with van der Waals surface area (Å²) in [5.74, 6) is -0.0519. The van der Waals surface area contributed by atoms with E-state index in [0.29, 0.717) is 21.4 Å². The Morgan fingerprint density at radius 3 is 2.62 bits per heavy atom. The predicted molar refractivity (Wildman–Crippen MR) is 97.4 cm³/mol. The lowest BCUT2D eigenvalue weighted by Gasteiger charge is -2.32. The summed E-state index contributed by atoms with van der Waals surface area (Å²) in [6.45, 7) is 3.19. The number of anilines is 2. The van der Waals surface area contributed by atoms with Gasteiger partial charge in [0.1, 0.15) is 5.69 Å². The molecule has 0 atom stereocenters. The van der Waals surface area contributed by atoms with Crippen molar-refractivity contribution in [2.75, 3.05) is 38.5 Å². The number of piperazine rings is 1. The molecule has 0 aliphatic carbocycles. The van der Waals surface area contributed by atoms with Crippen LogP contribution in [0, 0.1) is 0 Å². The van der Waals surface area contributed by atoms with E-state index in [4.69, 9.17) is 23.2 Å². The zero-order valence-electron chi connectivity index (χ0n) is 13.3. The molecule has 1 amide bonds. The molecule has 1 fully saturated rings. The number of benzene rings is 1. The molecule has 0 radical (unpaired) electrons. The number of hydrogen-bond acceptors (Lipinski definition) is 4. The van der Waals surface area contributed by atoms with Gasteiger partial charge in [0.05, 0.1) is 10.7 Å². The summed E-state index contributed by atoms with van der Waals surface area (Å²) in [7, 11) is 2.05. The lowest BCUT2D eigenvalue weighted by Crippen LogP contribution is -2.47. The van der Waals surface area contributed by atoms with Gasteiger partial charge in [0.2, 0.25) is 0 Å². The van der Waals surface area contributed by atoms with Crippen LogP contribution in [-0.2, 0) is 0 Å². The maximum atomic E-state index is 12.6. The minimum Gasteiger partial charge on any atom is -0.354 e. The standard InChI is InChI=1S/C17H18Cl2N4O/c1-22-6-8-23(9-7-22)17(24)16-11-13(4-5-20-16)21-15-10-12(18)2-3-14(15)19/h2-5,10-11H,6-9H2,1H3,(H,20,21). The van der Waals surface area contributed by atoms with Crippen LogP contribution in [0.1, 0.15) is 10.5 Å². The molecule has 0 saturated carbocycles. The van der Waals surface area contributed by atoms with Gasteiger partial charge in [-0.1, -0.05) is 23.2 Å². The van der Waals surface area contributed by atoms with E-state index in [-0.39, 0.29) is 5.91 Å². The number of pyridine rings is 1. The average molecular weight is 365 g/mol. The molecule has 5 nitrogen and oxygen atoms in total. The van der Waals surface area contributed by atoms with E-state index < -0.39 is 0 Å². The topological polar surface area (TPSA) is 48.5 Å². The SMILES string of the molecule is CN1CCN(C(=O)c2cc(Nc3cc(Cl)ccc3Cl)ccn2)CC1. The van der Waals surface area contributed by atoms with Crippen molar-refractivity contribution in [2.45, 2.75) is 0 Å². The van der Waals surface area contributed by atoms with E-state index >= 15 is 0 Å². The van der Waals surface area contributed by atoms with E-state index in [1.807, 2.05) is 4.90 Å². The molecule has 1 aromatic carbocycles. The average Bonchev–Trinajstić information content (AvgIpc) is 2.58. The van der Waals surface area contributed by atoms with Crippen molar-refractivity contribution in [3.8, 4) is 0 Å². The number of nitrogens with one attached hydrogen (secondary N) is 1. The second-order valence-electron chi connectivity index (χ2n) is 5.77. The van der Waals surface area contributed by atoms with Gasteiger partial charge in [-0.15, -0.1) is 0 Å². The minimum atomic E-state index is -0.0519. The second-order valence-corrected chi connectivity index (χ2v) is 6.62. The number of aromatic nitrogens is 1. The number of nitrogens with zero attached hydrogens (tertiary/aromatic N) is 3. The molecule has 3 rings (SSSR count). The summed E-state index contributed by atoms with van der Waals surface area (Å²) < 4.78 is 0. The maximum Gasteiger partial charge on any atom is 0.272 e. The monoisotopic (exact) mass is 364 g/mol. The summed E-state index contributed by atoms with van der Waals surface area (Å²) in [6.07, 6.45) is 1.62. The van der Waals surface area contributed by atoms with Crippen LogP contribution in [0.25, 0.3) is 0 Å². The number of halogens is 2. The van der Waals surface area contributed by atoms with Crippen molar-refractivity contribution in [2.24, 2.45) is 0 Å². The Morgan fingerprint density at radius 2 is 1.88 bits per heavy atom. The van der Waals surface area contributed by atoms with Crippen molar-refractivity contribution in [3.05, 3.63) is 52.3 Å². The molecule has 126 valence electrons. The highest BCUT2D eigenvalue weighted by atomic mass is 35.5. The van der Waals surface area contributed by atoms with Crippen LogP contribution in [-0.4, -0.2) is 53.9 Å². The summed E-state index contributed by atoms with van der Waals surface area (Å²) in [4.78, 5) is 20.8. The van der Waals surface area contributed by atoms with Gasteiger partial charge in [0.25, 0.3) is 5.91 Å². The molecular formula is C17H18Cl2N4O. The Morgan fingerprint density at radius 1 is 1.12 bits per heavy atom. The number of carbonyl (C=O) groups is 1. The van der Waals surface area contributed by atoms with Crippen LogP contribution in [0.4, 0.5) is 11.4 Å². The van der Waals surface area contributed by atoms with Gasteiger partial charge in [-0.2, -0.15) is 0 Å². The molecule has 0 bridgehead atoms. The van der Waals surface area contributed by atoms with Crippen molar-refractivity contribution in [1.82, 2.24) is 14.8 Å². The maximum absolute atomic E-state index is 12.6. The lowest BCUT2D eigenvalue weighted by atomic mass is 10.2. The third kappa shape index (κ3) is 3.98. The van der Waals surface area contributed by atoms with Gasteiger partial charge < -0.3 is 15.1 Å². The molecule has 1 aliphatic rings. The van der Waals surface area contributed by atoms with E-state index in [1.54, 1.807) is 36.5 Å². The van der Waals surface area contributed by atoms with Crippen molar-refractivity contribution < 1.29 is 4.79 Å². The highest BCUT2D eigenvalue weighted by molar-refractivity contribution is 6.35. The quantitative estimate of drug-likeness (QED) is 0.904. The van der Waals surface area contributed by atoms with Gasteiger partial charge in [0.15, 0.2) is 0 Å². The largest absolute Gasteiger partial charge is 0.354 e. The molecule has 2 aromatic rings. The zero-order chi connectivity index (χ0) is 17.1. The van der Waals surface area contributed by atoms with E-state index in [2.05, 4.69) is 22.2 Å². The summed E-state index contributed by atoms with van der Waals surface area (Å²) in [5, 5.41) is 4.33. The first kappa shape index (κ1) is 17.0. The molecule has 0 unspecified atom stereocenters. The van der Waals surface area contributed by atoms with Crippen molar-refractivity contribution in [3.63, 3.8) is 0 Å². The second kappa shape index (κ2) is 7.38. The van der Waals surface area contributed by atoms with Crippen LogP contribution in [0.15, 0.2) is 36.5 Å². The van der Waals surface area contributed by atoms with Gasteiger partial charge >= 0.3 is 0 Å². The summed E-state index contributed by atoms with van der Waals surface area (Å²) in [6, 6.07) is 8.72. The molecule has 1 aromatic heterocycles. The molecule has 24 heavy (non-hydrogen) atoms. The Hall–Kier alpha value is -1.82. The smallest absolute Gasteiger partial charge is 0.272 e. The van der Waals surface area contributed by atoms with Crippen LogP contribution in [0.2, 0.25) is 10.0 Å². The number of hydrogen-bond donors (Lipinski definition) is 1. The molecule has 1 N–H and O–H groups in total. The van der Waals surface area contributed by atoms with Crippen LogP contribution >= 0.6 is 23.2 Å². The highest BCUT2D eigenvalue weighted by Crippen LogP contribution is 2.28. The number of carbonyl (C=O) groups excluding carboxylic acids is 1. The minimum absolute atomic E-state index is 0.0519. The highest BCUT2D eigenvalue weighted by Gasteiger charge is 2.21. The predicted octanol–water partition coefficient (Wildman–Crippen LogP) is 3.52. The first-order valence-electron chi connectivity index (χ1n) is 7.69. The number of rotatable bonds is 3. The van der Waals surface area contributed by atoms with E-state index in [9.17, 15) is 4.79 Å². The Balaban J connectivity index is 1.76. The molecule has 1 aliphatic heterocycles. The third-order valence-corrected chi connectivity index (χ3v) is 4.54. The normalized spacial score (nSPS) is 15.4. The zero-order valence-corrected chi connectivity index (χ0v) is 14.8. The molecule has 0 spiro atoms. The van der Waals surface area contributed by atoms with Crippen molar-refractivity contribution in [1.29, 1.82) is 0 Å². The van der Waals surface area contributed by atoms with Crippen LogP contribution < -0.4 is 5.32 Å². The molecule has 2 heterocycles. The fourth-order valence-electron chi connectivity index (χ4n) is 2.55. The van der Waals surface area contributed by atoms with Gasteiger partial charge in [-0.3, -0.25) is 9.78 Å². The van der Waals surface area contributed by atoms with Gasteiger partial charge in [-0.05, 0) is 37.4 Å². The summed E-state index contributed by atoms with van der Waals surface area (Å²) >= 11 is 12.2. The van der Waals surface area contributed by atoms with E-state index in [1.165, 1.54) is 0 Å². The van der Waals surface area contributed by atoms with Crippen LogP contribution in [0.3, 0.4) is 0 Å². The molecule has 1 saturated heterocycles. The van der Waals surface area contributed by atoms with Gasteiger partial charge in [0, 0.05) is 43.1 Å². The van der Waals surface area contributed by atoms with Crippen LogP contribution in [0.5, 0.6) is 0 Å². The first-order chi connectivity index (χ1) is 11.5. The number of likely N-dealkylation sites (N-methyl/N-ethyl adjacent to an activating group) is 1. The van der Waals surface area contributed by atoms with Crippen molar-refractivity contribution >= 4 is 40.5 Å². The molecule has 7 heteroatoms. The Bertz CT molecular complexity index is 745. The van der Waals surface area contributed by atoms with E-state index in [0.717, 1.165) is 31.9 Å². The fraction of sp³-hybridized carbons (Fsp3) is 0.294.